The average molecular weight is 308 g/mol. The summed E-state index contributed by atoms with van der Waals surface area (Å²) in [5.74, 6) is 1.46. The number of nitrogens with one attached hydrogen (secondary N) is 1. The van der Waals surface area contributed by atoms with Crippen LogP contribution in [-0.2, 0) is 11.3 Å². The van der Waals surface area contributed by atoms with Gasteiger partial charge in [0.05, 0.1) is 20.3 Å². The van der Waals surface area contributed by atoms with Crippen molar-refractivity contribution >= 4 is 5.91 Å². The first kappa shape index (κ1) is 18.3. The molecule has 0 spiro atoms. The van der Waals surface area contributed by atoms with Crippen LogP contribution in [-0.4, -0.2) is 44.2 Å². The van der Waals surface area contributed by atoms with Crippen LogP contribution in [0.2, 0.25) is 0 Å². The van der Waals surface area contributed by atoms with E-state index in [1.165, 1.54) is 0 Å². The summed E-state index contributed by atoms with van der Waals surface area (Å²) in [7, 11) is 5.20. The van der Waals surface area contributed by atoms with Gasteiger partial charge in [0.15, 0.2) is 11.5 Å². The predicted molar refractivity (Wildman–Crippen MR) is 88.5 cm³/mol. The Bertz CT molecular complexity index is 515. The zero-order valence-corrected chi connectivity index (χ0v) is 14.7. The molecule has 0 aliphatic heterocycles. The molecule has 5 nitrogen and oxygen atoms in total. The van der Waals surface area contributed by atoms with Gasteiger partial charge in [-0.15, -0.1) is 0 Å². The SMILES string of the molecule is COc1cc(C)c(CN(C)[C@H](C)C(=O)NC(C)C)cc1OC. The number of rotatable bonds is 7. The van der Waals surface area contributed by atoms with Crippen molar-refractivity contribution in [2.24, 2.45) is 0 Å². The van der Waals surface area contributed by atoms with E-state index in [-0.39, 0.29) is 18.0 Å². The molecule has 0 fully saturated rings. The predicted octanol–water partition coefficient (Wildman–Crippen LogP) is 2.36. The zero-order chi connectivity index (χ0) is 16.9. The summed E-state index contributed by atoms with van der Waals surface area (Å²) in [6, 6.07) is 3.87. The van der Waals surface area contributed by atoms with Gasteiger partial charge in [-0.05, 0) is 58.0 Å². The van der Waals surface area contributed by atoms with Crippen molar-refractivity contribution in [3.63, 3.8) is 0 Å². The number of methoxy groups -OCH3 is 2. The lowest BCUT2D eigenvalue weighted by Crippen LogP contribution is -2.45. The summed E-state index contributed by atoms with van der Waals surface area (Å²) in [6.07, 6.45) is 0. The number of nitrogens with zero attached hydrogens (tertiary/aromatic N) is 1. The van der Waals surface area contributed by atoms with Crippen LogP contribution in [0.25, 0.3) is 0 Å². The van der Waals surface area contributed by atoms with E-state index >= 15 is 0 Å². The first-order valence-electron chi connectivity index (χ1n) is 7.52. The number of hydrogen-bond acceptors (Lipinski definition) is 4. The molecule has 22 heavy (non-hydrogen) atoms. The van der Waals surface area contributed by atoms with Crippen LogP contribution >= 0.6 is 0 Å². The van der Waals surface area contributed by atoms with Gasteiger partial charge in [0.25, 0.3) is 0 Å². The Labute approximate surface area is 133 Å². The molecule has 0 saturated heterocycles. The molecule has 0 aromatic heterocycles. The molecule has 5 heteroatoms. The third kappa shape index (κ3) is 4.63. The smallest absolute Gasteiger partial charge is 0.237 e. The molecule has 0 aliphatic carbocycles. The molecule has 0 saturated carbocycles. The van der Waals surface area contributed by atoms with Gasteiger partial charge in [0.1, 0.15) is 0 Å². The monoisotopic (exact) mass is 308 g/mol. The highest BCUT2D eigenvalue weighted by Crippen LogP contribution is 2.30. The van der Waals surface area contributed by atoms with Gasteiger partial charge in [-0.2, -0.15) is 0 Å². The third-order valence-electron chi connectivity index (χ3n) is 3.73. The summed E-state index contributed by atoms with van der Waals surface area (Å²) >= 11 is 0. The first-order chi connectivity index (χ1) is 10.3. The van der Waals surface area contributed by atoms with Crippen molar-refractivity contribution in [2.45, 2.75) is 46.3 Å². The number of carbonyl (C=O) groups is 1. The molecule has 1 aromatic rings. The maximum absolute atomic E-state index is 12.1. The lowest BCUT2D eigenvalue weighted by Gasteiger charge is -2.26. The number of aryl methyl sites for hydroxylation is 1. The van der Waals surface area contributed by atoms with Gasteiger partial charge < -0.3 is 14.8 Å². The van der Waals surface area contributed by atoms with Gasteiger partial charge in [0, 0.05) is 12.6 Å². The highest BCUT2D eigenvalue weighted by atomic mass is 16.5. The largest absolute Gasteiger partial charge is 0.493 e. The lowest BCUT2D eigenvalue weighted by atomic mass is 10.1. The van der Waals surface area contributed by atoms with E-state index in [1.807, 2.05) is 51.8 Å². The Balaban J connectivity index is 2.87. The molecule has 0 radical (unpaired) electrons. The van der Waals surface area contributed by atoms with Crippen LogP contribution in [0.4, 0.5) is 0 Å². The number of carbonyl (C=O) groups excluding carboxylic acids is 1. The third-order valence-corrected chi connectivity index (χ3v) is 3.73. The fraction of sp³-hybridized carbons (Fsp3) is 0.588. The maximum atomic E-state index is 12.1. The molecule has 0 unspecified atom stereocenters. The van der Waals surface area contributed by atoms with E-state index in [1.54, 1.807) is 14.2 Å². The second-order valence-electron chi connectivity index (χ2n) is 5.89. The van der Waals surface area contributed by atoms with Crippen LogP contribution in [0, 0.1) is 6.92 Å². The summed E-state index contributed by atoms with van der Waals surface area (Å²) < 4.78 is 10.7. The summed E-state index contributed by atoms with van der Waals surface area (Å²) in [5.41, 5.74) is 2.23. The normalized spacial score (nSPS) is 12.4. The summed E-state index contributed by atoms with van der Waals surface area (Å²) in [6.45, 7) is 8.53. The highest BCUT2D eigenvalue weighted by Gasteiger charge is 2.20. The van der Waals surface area contributed by atoms with Crippen molar-refractivity contribution in [3.05, 3.63) is 23.3 Å². The Morgan fingerprint density at radius 3 is 2.23 bits per heavy atom. The van der Waals surface area contributed by atoms with Crippen LogP contribution in [0.1, 0.15) is 31.9 Å². The number of ether oxygens (including phenoxy) is 2. The molecule has 1 rings (SSSR count). The number of hydrogen-bond donors (Lipinski definition) is 1. The summed E-state index contributed by atoms with van der Waals surface area (Å²) in [4.78, 5) is 14.1. The van der Waals surface area contributed by atoms with E-state index < -0.39 is 0 Å². The minimum absolute atomic E-state index is 0.0376. The van der Waals surface area contributed by atoms with E-state index in [9.17, 15) is 4.79 Å². The minimum atomic E-state index is -0.199. The number of likely N-dealkylation sites (N-methyl/N-ethyl adjacent to an activating group) is 1. The van der Waals surface area contributed by atoms with E-state index in [0.29, 0.717) is 12.3 Å². The fourth-order valence-corrected chi connectivity index (χ4v) is 2.20. The van der Waals surface area contributed by atoms with Gasteiger partial charge in [0.2, 0.25) is 5.91 Å². The topological polar surface area (TPSA) is 50.8 Å². The molecule has 1 N–H and O–H groups in total. The summed E-state index contributed by atoms with van der Waals surface area (Å²) in [5, 5.41) is 2.94. The van der Waals surface area contributed by atoms with Gasteiger partial charge in [-0.1, -0.05) is 0 Å². The molecule has 1 atom stereocenters. The maximum Gasteiger partial charge on any atom is 0.237 e. The van der Waals surface area contributed by atoms with Crippen molar-refractivity contribution in [1.82, 2.24) is 10.2 Å². The van der Waals surface area contributed by atoms with Crippen molar-refractivity contribution in [3.8, 4) is 11.5 Å². The van der Waals surface area contributed by atoms with Crippen LogP contribution < -0.4 is 14.8 Å². The lowest BCUT2D eigenvalue weighted by molar-refractivity contribution is -0.126. The fourth-order valence-electron chi connectivity index (χ4n) is 2.20. The van der Waals surface area contributed by atoms with Gasteiger partial charge in [-0.25, -0.2) is 0 Å². The van der Waals surface area contributed by atoms with Gasteiger partial charge in [-0.3, -0.25) is 9.69 Å². The zero-order valence-electron chi connectivity index (χ0n) is 14.7. The first-order valence-corrected chi connectivity index (χ1v) is 7.52. The second kappa shape index (κ2) is 8.03. The standard InChI is InChI=1S/C17H28N2O3/c1-11(2)18-17(20)13(4)19(5)10-14-9-16(22-7)15(21-6)8-12(14)3/h8-9,11,13H,10H2,1-7H3,(H,18,20)/t13-/m1/s1. The number of benzene rings is 1. The highest BCUT2D eigenvalue weighted by molar-refractivity contribution is 5.81. The Hall–Kier alpha value is -1.75. The van der Waals surface area contributed by atoms with Crippen LogP contribution in [0.3, 0.4) is 0 Å². The molecule has 0 aliphatic rings. The van der Waals surface area contributed by atoms with Crippen LogP contribution in [0.15, 0.2) is 12.1 Å². The average Bonchev–Trinajstić information content (AvgIpc) is 2.47. The molecule has 1 amide bonds. The Kier molecular flexibility index (Phi) is 6.68. The number of amides is 1. The van der Waals surface area contributed by atoms with E-state index in [4.69, 9.17) is 9.47 Å². The quantitative estimate of drug-likeness (QED) is 0.840. The molecular weight excluding hydrogens is 280 g/mol. The molecule has 124 valence electrons. The van der Waals surface area contributed by atoms with E-state index in [2.05, 4.69) is 5.32 Å². The molecule has 1 aromatic carbocycles. The molecule has 0 heterocycles. The second-order valence-corrected chi connectivity index (χ2v) is 5.89. The molecule has 0 bridgehead atoms. The molecular formula is C17H28N2O3. The van der Waals surface area contributed by atoms with Crippen LogP contribution in [0.5, 0.6) is 11.5 Å². The van der Waals surface area contributed by atoms with E-state index in [0.717, 1.165) is 16.9 Å². The Morgan fingerprint density at radius 2 is 1.73 bits per heavy atom. The van der Waals surface area contributed by atoms with Crippen molar-refractivity contribution in [2.75, 3.05) is 21.3 Å². The minimum Gasteiger partial charge on any atom is -0.493 e. The van der Waals surface area contributed by atoms with Gasteiger partial charge >= 0.3 is 0 Å². The Morgan fingerprint density at radius 1 is 1.18 bits per heavy atom. The van der Waals surface area contributed by atoms with Crippen molar-refractivity contribution < 1.29 is 14.3 Å². The van der Waals surface area contributed by atoms with Crippen molar-refractivity contribution in [1.29, 1.82) is 0 Å².